The number of ether oxygens (including phenoxy) is 1. The number of fused-ring (bicyclic) bond motifs is 1. The van der Waals surface area contributed by atoms with Crippen LogP contribution in [0.2, 0.25) is 0 Å². The minimum absolute atomic E-state index is 0.274. The lowest BCUT2D eigenvalue weighted by atomic mass is 10.1. The molecule has 8 nitrogen and oxygen atoms in total. The molecule has 2 amide bonds. The summed E-state index contributed by atoms with van der Waals surface area (Å²) in [7, 11) is 0. The van der Waals surface area contributed by atoms with Crippen LogP contribution in [0.3, 0.4) is 0 Å². The number of esters is 1. The predicted octanol–water partition coefficient (Wildman–Crippen LogP) is 3.99. The summed E-state index contributed by atoms with van der Waals surface area (Å²) in [6.45, 7) is 1.29. The van der Waals surface area contributed by atoms with Gasteiger partial charge in [0.25, 0.3) is 11.8 Å². The summed E-state index contributed by atoms with van der Waals surface area (Å²) in [5, 5.41) is 5.60. The number of rotatable bonds is 5. The third-order valence-corrected chi connectivity index (χ3v) is 4.46. The van der Waals surface area contributed by atoms with Crippen LogP contribution in [-0.4, -0.2) is 27.8 Å². The predicted molar refractivity (Wildman–Crippen MR) is 116 cm³/mol. The molecule has 4 aromatic rings. The van der Waals surface area contributed by atoms with Crippen LogP contribution in [0.15, 0.2) is 73.1 Å². The molecule has 8 heteroatoms. The fourth-order valence-corrected chi connectivity index (χ4v) is 3.03. The van der Waals surface area contributed by atoms with E-state index in [1.54, 1.807) is 67.0 Å². The van der Waals surface area contributed by atoms with E-state index in [-0.39, 0.29) is 11.7 Å². The summed E-state index contributed by atoms with van der Waals surface area (Å²) >= 11 is 0. The first kappa shape index (κ1) is 19.8. The third kappa shape index (κ3) is 4.59. The molecule has 3 aromatic carbocycles. The van der Waals surface area contributed by atoms with Gasteiger partial charge in [-0.2, -0.15) is 0 Å². The minimum atomic E-state index is -0.473. The molecule has 0 atom stereocenters. The molecule has 0 fully saturated rings. The van der Waals surface area contributed by atoms with Gasteiger partial charge < -0.3 is 20.4 Å². The van der Waals surface area contributed by atoms with Gasteiger partial charge in [-0.1, -0.05) is 18.2 Å². The number of aromatic nitrogens is 2. The van der Waals surface area contributed by atoms with E-state index in [1.165, 1.54) is 13.0 Å². The summed E-state index contributed by atoms with van der Waals surface area (Å²) in [4.78, 5) is 43.7. The van der Waals surface area contributed by atoms with Gasteiger partial charge in [-0.15, -0.1) is 0 Å². The van der Waals surface area contributed by atoms with Crippen molar-refractivity contribution in [2.45, 2.75) is 6.92 Å². The molecule has 154 valence electrons. The molecule has 0 radical (unpaired) electrons. The molecule has 0 bridgehead atoms. The Labute approximate surface area is 177 Å². The number of aromatic amines is 1. The molecule has 1 aromatic heterocycles. The Hall–Kier alpha value is -4.46. The Kier molecular flexibility index (Phi) is 5.44. The number of carbonyl (C=O) groups excluding carboxylic acids is 3. The van der Waals surface area contributed by atoms with Crippen molar-refractivity contribution in [1.29, 1.82) is 0 Å². The maximum atomic E-state index is 12.7. The number of hydrogen-bond donors (Lipinski definition) is 3. The van der Waals surface area contributed by atoms with Gasteiger partial charge in [-0.05, 0) is 48.5 Å². The monoisotopic (exact) mass is 414 g/mol. The van der Waals surface area contributed by atoms with E-state index >= 15 is 0 Å². The zero-order chi connectivity index (χ0) is 21.8. The van der Waals surface area contributed by atoms with Crippen LogP contribution in [0.4, 0.5) is 11.4 Å². The zero-order valence-corrected chi connectivity index (χ0v) is 16.5. The number of H-pyrrole nitrogens is 1. The molecular weight excluding hydrogens is 396 g/mol. The van der Waals surface area contributed by atoms with Crippen molar-refractivity contribution in [3.05, 3.63) is 84.2 Å². The quantitative estimate of drug-likeness (QED) is 0.338. The number of nitrogens with zero attached hydrogens (tertiary/aromatic N) is 1. The van der Waals surface area contributed by atoms with Crippen molar-refractivity contribution in [3.63, 3.8) is 0 Å². The van der Waals surface area contributed by atoms with Gasteiger partial charge in [0, 0.05) is 18.1 Å². The number of hydrogen-bond acceptors (Lipinski definition) is 5. The number of para-hydroxylation sites is 2. The lowest BCUT2D eigenvalue weighted by Gasteiger charge is -2.13. The number of carbonyl (C=O) groups is 3. The Bertz CT molecular complexity index is 1300. The van der Waals surface area contributed by atoms with Gasteiger partial charge in [0.2, 0.25) is 0 Å². The summed E-state index contributed by atoms with van der Waals surface area (Å²) in [5.74, 6) is -0.931. The highest BCUT2D eigenvalue weighted by atomic mass is 16.5. The second-order valence-electron chi connectivity index (χ2n) is 6.71. The van der Waals surface area contributed by atoms with E-state index in [2.05, 4.69) is 20.6 Å². The fraction of sp³-hybridized carbons (Fsp3) is 0.0435. The van der Waals surface area contributed by atoms with Crippen LogP contribution >= 0.6 is 0 Å². The van der Waals surface area contributed by atoms with Crippen LogP contribution in [0.25, 0.3) is 11.0 Å². The van der Waals surface area contributed by atoms with Gasteiger partial charge >= 0.3 is 5.97 Å². The second-order valence-corrected chi connectivity index (χ2v) is 6.71. The molecule has 0 saturated carbocycles. The first-order chi connectivity index (χ1) is 15.0. The Morgan fingerprint density at radius 3 is 2.19 bits per heavy atom. The maximum Gasteiger partial charge on any atom is 0.308 e. The summed E-state index contributed by atoms with van der Waals surface area (Å²) in [6.07, 6.45) is 1.56. The lowest BCUT2D eigenvalue weighted by Crippen LogP contribution is -2.17. The zero-order valence-electron chi connectivity index (χ0n) is 16.5. The van der Waals surface area contributed by atoms with Gasteiger partial charge in [0.05, 0.1) is 28.7 Å². The first-order valence-electron chi connectivity index (χ1n) is 9.43. The summed E-state index contributed by atoms with van der Waals surface area (Å²) in [6, 6.07) is 18.3. The topological polar surface area (TPSA) is 113 Å². The molecular formula is C23H18N4O4. The van der Waals surface area contributed by atoms with Crippen LogP contribution in [0.5, 0.6) is 5.75 Å². The molecule has 3 N–H and O–H groups in total. The average molecular weight is 414 g/mol. The van der Waals surface area contributed by atoms with Crippen LogP contribution in [0, 0.1) is 0 Å². The Morgan fingerprint density at radius 1 is 0.839 bits per heavy atom. The van der Waals surface area contributed by atoms with Gasteiger partial charge in [-0.3, -0.25) is 14.4 Å². The van der Waals surface area contributed by atoms with Gasteiger partial charge in [0.1, 0.15) is 5.75 Å². The number of nitrogens with one attached hydrogen (secondary N) is 3. The minimum Gasteiger partial charge on any atom is -0.427 e. The van der Waals surface area contributed by atoms with Gasteiger partial charge in [-0.25, -0.2) is 4.98 Å². The highest BCUT2D eigenvalue weighted by molar-refractivity contribution is 6.10. The van der Waals surface area contributed by atoms with Crippen molar-refractivity contribution in [2.24, 2.45) is 0 Å². The van der Waals surface area contributed by atoms with Crippen molar-refractivity contribution >= 4 is 40.2 Å². The van der Waals surface area contributed by atoms with E-state index in [1.807, 2.05) is 0 Å². The highest BCUT2D eigenvalue weighted by Crippen LogP contribution is 2.24. The second kappa shape index (κ2) is 8.50. The van der Waals surface area contributed by atoms with Crippen LogP contribution < -0.4 is 15.4 Å². The van der Waals surface area contributed by atoms with E-state index in [4.69, 9.17) is 4.74 Å². The SMILES string of the molecule is CC(=O)Oc1cccc(C(=O)Nc2ccccc2NC(=O)c2ccc3nc[nH]c3c2)c1. The van der Waals surface area contributed by atoms with E-state index in [9.17, 15) is 14.4 Å². The molecule has 0 aliphatic carbocycles. The smallest absolute Gasteiger partial charge is 0.308 e. The molecule has 0 spiro atoms. The van der Waals surface area contributed by atoms with Crippen LogP contribution in [-0.2, 0) is 4.79 Å². The average Bonchev–Trinajstić information content (AvgIpc) is 3.22. The Balaban J connectivity index is 1.52. The lowest BCUT2D eigenvalue weighted by molar-refractivity contribution is -0.131. The molecule has 0 saturated heterocycles. The number of imidazole rings is 1. The molecule has 4 rings (SSSR count). The molecule has 0 aliphatic heterocycles. The van der Waals surface area contributed by atoms with Crippen molar-refractivity contribution in [2.75, 3.05) is 10.6 Å². The normalized spacial score (nSPS) is 10.5. The van der Waals surface area contributed by atoms with Gasteiger partial charge in [0.15, 0.2) is 0 Å². The molecule has 0 unspecified atom stereocenters. The standard InChI is InChI=1S/C23H18N4O4/c1-14(28)31-17-6-4-5-15(11-17)22(29)26-19-7-2-3-8-20(19)27-23(30)16-9-10-18-21(12-16)25-13-24-18/h2-13H,1H3,(H,24,25)(H,26,29)(H,27,30). The fourth-order valence-electron chi connectivity index (χ4n) is 3.03. The number of anilines is 2. The number of amides is 2. The molecule has 1 heterocycles. The van der Waals surface area contributed by atoms with Crippen LogP contribution in [0.1, 0.15) is 27.6 Å². The first-order valence-corrected chi connectivity index (χ1v) is 9.43. The Morgan fingerprint density at radius 2 is 1.52 bits per heavy atom. The summed E-state index contributed by atoms with van der Waals surface area (Å²) < 4.78 is 5.02. The highest BCUT2D eigenvalue weighted by Gasteiger charge is 2.14. The van der Waals surface area contributed by atoms with E-state index < -0.39 is 11.9 Å². The molecule has 31 heavy (non-hydrogen) atoms. The largest absolute Gasteiger partial charge is 0.427 e. The van der Waals surface area contributed by atoms with Crippen molar-refractivity contribution in [3.8, 4) is 5.75 Å². The van der Waals surface area contributed by atoms with E-state index in [0.29, 0.717) is 22.5 Å². The maximum absolute atomic E-state index is 12.7. The number of benzene rings is 3. The summed E-state index contributed by atoms with van der Waals surface area (Å²) in [5.41, 5.74) is 3.15. The van der Waals surface area contributed by atoms with Crippen molar-refractivity contribution < 1.29 is 19.1 Å². The van der Waals surface area contributed by atoms with Crippen molar-refractivity contribution in [1.82, 2.24) is 9.97 Å². The molecule has 0 aliphatic rings. The third-order valence-electron chi connectivity index (χ3n) is 4.46. The van der Waals surface area contributed by atoms with E-state index in [0.717, 1.165) is 11.0 Å².